The number of carbonyl (C=O) groups is 3. The van der Waals surface area contributed by atoms with Crippen LogP contribution < -0.4 is 14.8 Å². The van der Waals surface area contributed by atoms with Crippen molar-refractivity contribution >= 4 is 68.1 Å². The molecule has 3 aromatic rings. The number of hydrogen-bond acceptors (Lipinski definition) is 6. The summed E-state index contributed by atoms with van der Waals surface area (Å²) in [5.74, 6) is -0.280. The number of ether oxygens (including phenoxy) is 2. The molecule has 0 saturated carbocycles. The maximum absolute atomic E-state index is 12.8. The monoisotopic (exact) mass is 586 g/mol. The fourth-order valence-electron chi connectivity index (χ4n) is 3.35. The smallest absolute Gasteiger partial charge is 0.294 e. The fraction of sp³-hybridized carbons (Fsp3) is 0.115. The highest BCUT2D eigenvalue weighted by Gasteiger charge is 2.36. The van der Waals surface area contributed by atoms with E-state index in [1.54, 1.807) is 36.4 Å². The third-order valence-electron chi connectivity index (χ3n) is 5.08. The van der Waals surface area contributed by atoms with E-state index in [0.29, 0.717) is 27.8 Å². The molecule has 10 heteroatoms. The van der Waals surface area contributed by atoms with Gasteiger partial charge in [0.1, 0.15) is 13.2 Å². The van der Waals surface area contributed by atoms with E-state index in [0.717, 1.165) is 26.7 Å². The maximum atomic E-state index is 12.8. The second-order valence-corrected chi connectivity index (χ2v) is 9.95. The number of nitrogens with one attached hydrogen (secondary N) is 1. The van der Waals surface area contributed by atoms with Crippen LogP contribution in [0.1, 0.15) is 11.1 Å². The van der Waals surface area contributed by atoms with Crippen molar-refractivity contribution in [3.63, 3.8) is 0 Å². The molecule has 0 unspecified atom stereocenters. The first kappa shape index (κ1) is 25.8. The van der Waals surface area contributed by atoms with Crippen molar-refractivity contribution in [2.45, 2.75) is 6.61 Å². The number of methoxy groups -OCH3 is 1. The number of rotatable bonds is 8. The molecule has 4 rings (SSSR count). The molecule has 1 fully saturated rings. The third kappa shape index (κ3) is 6.29. The molecule has 184 valence electrons. The van der Waals surface area contributed by atoms with Gasteiger partial charge in [-0.25, -0.2) is 0 Å². The van der Waals surface area contributed by atoms with Crippen LogP contribution in [0.5, 0.6) is 11.5 Å². The predicted octanol–water partition coefficient (Wildman–Crippen LogP) is 6.37. The largest absolute Gasteiger partial charge is 0.493 e. The van der Waals surface area contributed by atoms with Crippen molar-refractivity contribution in [3.05, 3.63) is 92.3 Å². The standard InChI is InChI=1S/C26H20BrClN2O5S/c1-34-21-12-17(11-20(28)24(21)35-15-16-7-9-18(27)10-8-16)13-22-25(32)30(26(33)36-22)14-23(31)29-19-5-3-2-4-6-19/h2-13H,14-15H2,1H3,(H,29,31)/b22-13-. The van der Waals surface area contributed by atoms with Crippen LogP contribution in [-0.2, 0) is 16.2 Å². The maximum Gasteiger partial charge on any atom is 0.294 e. The first-order valence-corrected chi connectivity index (χ1v) is 12.7. The molecule has 1 aliphatic heterocycles. The lowest BCUT2D eigenvalue weighted by Gasteiger charge is -2.14. The number of anilines is 1. The average molecular weight is 588 g/mol. The second kappa shape index (κ2) is 11.6. The summed E-state index contributed by atoms with van der Waals surface area (Å²) in [5, 5.41) is 2.43. The lowest BCUT2D eigenvalue weighted by Crippen LogP contribution is -2.36. The Balaban J connectivity index is 1.47. The Hall–Kier alpha value is -3.27. The highest BCUT2D eigenvalue weighted by Crippen LogP contribution is 2.39. The molecule has 1 aliphatic rings. The Morgan fingerprint density at radius 3 is 2.53 bits per heavy atom. The van der Waals surface area contributed by atoms with Crippen molar-refractivity contribution < 1.29 is 23.9 Å². The van der Waals surface area contributed by atoms with Crippen LogP contribution in [0.3, 0.4) is 0 Å². The summed E-state index contributed by atoms with van der Waals surface area (Å²) in [7, 11) is 1.49. The normalized spacial score (nSPS) is 14.3. The lowest BCUT2D eigenvalue weighted by atomic mass is 10.1. The van der Waals surface area contributed by atoms with Crippen LogP contribution in [0, 0.1) is 0 Å². The molecule has 0 atom stereocenters. The molecular weight excluding hydrogens is 568 g/mol. The van der Waals surface area contributed by atoms with E-state index in [1.807, 2.05) is 30.3 Å². The van der Waals surface area contributed by atoms with Crippen molar-refractivity contribution in [2.75, 3.05) is 19.0 Å². The minimum absolute atomic E-state index is 0.175. The number of imide groups is 1. The zero-order valence-corrected chi connectivity index (χ0v) is 22.2. The quantitative estimate of drug-likeness (QED) is 0.309. The van der Waals surface area contributed by atoms with Crippen LogP contribution in [-0.4, -0.2) is 35.6 Å². The topological polar surface area (TPSA) is 84.9 Å². The number of amides is 3. The van der Waals surface area contributed by atoms with Gasteiger partial charge in [0.05, 0.1) is 17.0 Å². The van der Waals surface area contributed by atoms with Gasteiger partial charge in [-0.2, -0.15) is 0 Å². The van der Waals surface area contributed by atoms with Gasteiger partial charge in [-0.1, -0.05) is 57.9 Å². The van der Waals surface area contributed by atoms with Crippen molar-refractivity contribution in [3.8, 4) is 11.5 Å². The summed E-state index contributed by atoms with van der Waals surface area (Å²) in [6, 6.07) is 19.8. The van der Waals surface area contributed by atoms with Crippen LogP contribution in [0.25, 0.3) is 6.08 Å². The Bertz CT molecular complexity index is 1330. The van der Waals surface area contributed by atoms with Crippen LogP contribution in [0.4, 0.5) is 10.5 Å². The van der Waals surface area contributed by atoms with Gasteiger partial charge in [0, 0.05) is 10.2 Å². The number of halogens is 2. The molecular formula is C26H20BrClN2O5S. The summed E-state index contributed by atoms with van der Waals surface area (Å²) in [5.41, 5.74) is 2.08. The number of thioether (sulfide) groups is 1. The van der Waals surface area contributed by atoms with Crippen molar-refractivity contribution in [1.82, 2.24) is 4.90 Å². The van der Waals surface area contributed by atoms with Gasteiger partial charge in [0.25, 0.3) is 11.1 Å². The fourth-order valence-corrected chi connectivity index (χ4v) is 4.73. The van der Waals surface area contributed by atoms with Crippen LogP contribution in [0.2, 0.25) is 5.02 Å². The second-order valence-electron chi connectivity index (χ2n) is 7.63. The first-order valence-electron chi connectivity index (χ1n) is 10.7. The number of benzene rings is 3. The molecule has 0 bridgehead atoms. The first-order chi connectivity index (χ1) is 17.3. The Morgan fingerprint density at radius 1 is 1.11 bits per heavy atom. The molecule has 1 saturated heterocycles. The third-order valence-corrected chi connectivity index (χ3v) is 6.80. The minimum atomic E-state index is -0.557. The van der Waals surface area contributed by atoms with Gasteiger partial charge in [0.15, 0.2) is 11.5 Å². The van der Waals surface area contributed by atoms with Gasteiger partial charge >= 0.3 is 0 Å². The molecule has 1 N–H and O–H groups in total. The highest BCUT2D eigenvalue weighted by atomic mass is 79.9. The molecule has 0 aromatic heterocycles. The summed E-state index contributed by atoms with van der Waals surface area (Å²) >= 11 is 10.6. The zero-order valence-electron chi connectivity index (χ0n) is 19.0. The Labute approximate surface area is 225 Å². The molecule has 3 aromatic carbocycles. The van der Waals surface area contributed by atoms with Crippen molar-refractivity contribution in [1.29, 1.82) is 0 Å². The van der Waals surface area contributed by atoms with E-state index in [4.69, 9.17) is 21.1 Å². The van der Waals surface area contributed by atoms with Gasteiger partial charge in [0.2, 0.25) is 5.91 Å². The van der Waals surface area contributed by atoms with E-state index < -0.39 is 17.1 Å². The SMILES string of the molecule is COc1cc(/C=C2\SC(=O)N(CC(=O)Nc3ccccc3)C2=O)cc(Cl)c1OCc1ccc(Br)cc1. The van der Waals surface area contributed by atoms with E-state index in [-0.39, 0.29) is 18.1 Å². The van der Waals surface area contributed by atoms with Gasteiger partial charge < -0.3 is 14.8 Å². The zero-order chi connectivity index (χ0) is 25.7. The lowest BCUT2D eigenvalue weighted by molar-refractivity contribution is -0.127. The summed E-state index contributed by atoms with van der Waals surface area (Å²) < 4.78 is 12.3. The number of nitrogens with zero attached hydrogens (tertiary/aromatic N) is 1. The predicted molar refractivity (Wildman–Crippen MR) is 144 cm³/mol. The van der Waals surface area contributed by atoms with Crippen molar-refractivity contribution in [2.24, 2.45) is 0 Å². The molecule has 7 nitrogen and oxygen atoms in total. The molecule has 1 heterocycles. The number of para-hydroxylation sites is 1. The molecule has 0 spiro atoms. The van der Waals surface area contributed by atoms with Gasteiger partial charge in [-0.15, -0.1) is 0 Å². The Kier molecular flexibility index (Phi) is 8.35. The molecule has 0 radical (unpaired) electrons. The molecule has 36 heavy (non-hydrogen) atoms. The van der Waals surface area contributed by atoms with Gasteiger partial charge in [-0.05, 0) is 65.4 Å². The van der Waals surface area contributed by atoms with Gasteiger partial charge in [-0.3, -0.25) is 19.3 Å². The summed E-state index contributed by atoms with van der Waals surface area (Å²) in [6.07, 6.45) is 1.53. The van der Waals surface area contributed by atoms with E-state index in [9.17, 15) is 14.4 Å². The average Bonchev–Trinajstić information content (AvgIpc) is 3.12. The summed E-state index contributed by atoms with van der Waals surface area (Å²) in [4.78, 5) is 38.7. The van der Waals surface area contributed by atoms with E-state index >= 15 is 0 Å². The molecule has 3 amide bonds. The van der Waals surface area contributed by atoms with E-state index in [2.05, 4.69) is 21.2 Å². The Morgan fingerprint density at radius 2 is 1.83 bits per heavy atom. The minimum Gasteiger partial charge on any atom is -0.493 e. The van der Waals surface area contributed by atoms with Crippen LogP contribution in [0.15, 0.2) is 76.1 Å². The summed E-state index contributed by atoms with van der Waals surface area (Å²) in [6.45, 7) is -0.101. The number of hydrogen-bond donors (Lipinski definition) is 1. The van der Waals surface area contributed by atoms with Crippen LogP contribution >= 0.6 is 39.3 Å². The molecule has 0 aliphatic carbocycles. The number of carbonyl (C=O) groups excluding carboxylic acids is 3. The van der Waals surface area contributed by atoms with E-state index in [1.165, 1.54) is 13.2 Å². The highest BCUT2D eigenvalue weighted by molar-refractivity contribution is 9.10.